The van der Waals surface area contributed by atoms with Crippen molar-refractivity contribution < 1.29 is 23.9 Å². The molecule has 2 aromatic heterocycles. The van der Waals surface area contributed by atoms with Crippen molar-refractivity contribution in [3.63, 3.8) is 0 Å². The lowest BCUT2D eigenvalue weighted by molar-refractivity contribution is -0.125. The minimum atomic E-state index is -0.741. The minimum Gasteiger partial charge on any atom is -0.504 e. The second kappa shape index (κ2) is 9.13. The molecular formula is C22H24FN5O4. The lowest BCUT2D eigenvalue weighted by atomic mass is 9.90. The third kappa shape index (κ3) is 4.43. The van der Waals surface area contributed by atoms with Gasteiger partial charge < -0.3 is 20.2 Å². The van der Waals surface area contributed by atoms with E-state index in [0.717, 1.165) is 6.08 Å². The van der Waals surface area contributed by atoms with E-state index in [1.807, 2.05) is 0 Å². The van der Waals surface area contributed by atoms with Crippen LogP contribution < -0.4 is 5.32 Å². The largest absolute Gasteiger partial charge is 0.504 e. The van der Waals surface area contributed by atoms with E-state index in [1.54, 1.807) is 40.3 Å². The number of hydrogen-bond acceptors (Lipinski definition) is 6. The van der Waals surface area contributed by atoms with Crippen molar-refractivity contribution in [2.75, 3.05) is 34.7 Å². The lowest BCUT2D eigenvalue weighted by Gasteiger charge is -2.24. The first-order valence-corrected chi connectivity index (χ1v) is 9.88. The fourth-order valence-electron chi connectivity index (χ4n) is 3.35. The number of pyridine rings is 2. The van der Waals surface area contributed by atoms with E-state index in [4.69, 9.17) is 0 Å². The molecule has 3 amide bonds. The molecule has 2 N–H and O–H groups in total. The Hall–Kier alpha value is -3.82. The predicted molar refractivity (Wildman–Crippen MR) is 116 cm³/mol. The first-order chi connectivity index (χ1) is 15.1. The van der Waals surface area contributed by atoms with Crippen LogP contribution in [0.25, 0.3) is 10.9 Å². The molecule has 2 heterocycles. The Bertz CT molecular complexity index is 1160. The van der Waals surface area contributed by atoms with Crippen molar-refractivity contribution in [2.24, 2.45) is 5.92 Å². The van der Waals surface area contributed by atoms with Crippen LogP contribution in [0.15, 0.2) is 41.9 Å². The number of rotatable bonds is 5. The van der Waals surface area contributed by atoms with Crippen LogP contribution in [-0.2, 0) is 4.79 Å². The monoisotopic (exact) mass is 441 g/mol. The van der Waals surface area contributed by atoms with Crippen LogP contribution in [0, 0.1) is 5.92 Å². The van der Waals surface area contributed by atoms with Gasteiger partial charge in [0.1, 0.15) is 17.0 Å². The van der Waals surface area contributed by atoms with Gasteiger partial charge in [-0.3, -0.25) is 19.4 Å². The van der Waals surface area contributed by atoms with Gasteiger partial charge in [0.05, 0.1) is 0 Å². The molecule has 10 heteroatoms. The number of aromatic hydroxyl groups is 1. The normalized spacial score (nSPS) is 15.6. The Kier molecular flexibility index (Phi) is 6.52. The summed E-state index contributed by atoms with van der Waals surface area (Å²) in [6.45, 7) is 0.00631. The SMILES string of the molecule is CN(C)C(=O)C1=CC(F)=CCC1CNC(=O)c1nc(C(=O)N(C)C)c2cccnc2c1O. The van der Waals surface area contributed by atoms with E-state index in [2.05, 4.69) is 15.3 Å². The maximum absolute atomic E-state index is 13.7. The van der Waals surface area contributed by atoms with Gasteiger partial charge in [-0.05, 0) is 30.7 Å². The molecule has 3 rings (SSSR count). The molecule has 1 aliphatic carbocycles. The fourth-order valence-corrected chi connectivity index (χ4v) is 3.35. The highest BCUT2D eigenvalue weighted by atomic mass is 19.1. The Balaban J connectivity index is 1.91. The van der Waals surface area contributed by atoms with Crippen LogP contribution >= 0.6 is 0 Å². The number of nitrogens with zero attached hydrogens (tertiary/aromatic N) is 4. The Labute approximate surface area is 184 Å². The number of allylic oxidation sites excluding steroid dienone is 3. The summed E-state index contributed by atoms with van der Waals surface area (Å²) in [5.41, 5.74) is -0.0736. The Morgan fingerprint density at radius 1 is 1.16 bits per heavy atom. The van der Waals surface area contributed by atoms with Gasteiger partial charge in [-0.1, -0.05) is 0 Å². The smallest absolute Gasteiger partial charge is 0.273 e. The highest BCUT2D eigenvalue weighted by Gasteiger charge is 2.28. The summed E-state index contributed by atoms with van der Waals surface area (Å²) in [6, 6.07) is 3.18. The van der Waals surface area contributed by atoms with Crippen molar-refractivity contribution in [3.05, 3.63) is 53.3 Å². The standard InChI is InChI=1S/C22H24FN5O4/c1-27(2)21(31)15-10-13(23)8-7-12(15)11-25-20(30)18-19(29)16-14(6-5-9-24-16)17(26-18)22(32)28(3)4/h5-6,8-10,12,29H,7,11H2,1-4H3,(H,25,30). The van der Waals surface area contributed by atoms with Gasteiger partial charge in [-0.2, -0.15) is 0 Å². The van der Waals surface area contributed by atoms with Crippen LogP contribution in [0.5, 0.6) is 5.75 Å². The molecule has 168 valence electrons. The van der Waals surface area contributed by atoms with Gasteiger partial charge in [0.15, 0.2) is 11.4 Å². The van der Waals surface area contributed by atoms with Crippen LogP contribution in [0.4, 0.5) is 4.39 Å². The molecule has 0 aliphatic heterocycles. The van der Waals surface area contributed by atoms with Crippen molar-refractivity contribution in [1.29, 1.82) is 0 Å². The zero-order chi connectivity index (χ0) is 23.6. The van der Waals surface area contributed by atoms with Crippen molar-refractivity contribution in [1.82, 2.24) is 25.1 Å². The average Bonchev–Trinajstić information content (AvgIpc) is 2.77. The number of carbonyl (C=O) groups is 3. The summed E-state index contributed by atoms with van der Waals surface area (Å²) in [5.74, 6) is -2.98. The van der Waals surface area contributed by atoms with Gasteiger partial charge in [0, 0.05) is 57.8 Å². The van der Waals surface area contributed by atoms with E-state index in [-0.39, 0.29) is 41.4 Å². The molecule has 0 saturated carbocycles. The highest BCUT2D eigenvalue weighted by Crippen LogP contribution is 2.29. The first-order valence-electron chi connectivity index (χ1n) is 9.88. The number of carbonyl (C=O) groups excluding carboxylic acids is 3. The molecule has 0 bridgehead atoms. The quantitative estimate of drug-likeness (QED) is 0.729. The number of aromatic nitrogens is 2. The summed E-state index contributed by atoms with van der Waals surface area (Å²) in [4.78, 5) is 48.7. The summed E-state index contributed by atoms with van der Waals surface area (Å²) in [5, 5.41) is 13.6. The van der Waals surface area contributed by atoms with E-state index in [9.17, 15) is 23.9 Å². The molecule has 32 heavy (non-hydrogen) atoms. The molecule has 0 fully saturated rings. The first kappa shape index (κ1) is 22.9. The predicted octanol–water partition coefficient (Wildman–Crippen LogP) is 1.65. The summed E-state index contributed by atoms with van der Waals surface area (Å²) >= 11 is 0. The Morgan fingerprint density at radius 3 is 2.50 bits per heavy atom. The molecule has 0 spiro atoms. The third-order valence-electron chi connectivity index (χ3n) is 5.05. The van der Waals surface area contributed by atoms with Crippen LogP contribution in [0.2, 0.25) is 0 Å². The number of amides is 3. The maximum atomic E-state index is 13.7. The van der Waals surface area contributed by atoms with E-state index in [0.29, 0.717) is 5.39 Å². The molecule has 1 atom stereocenters. The van der Waals surface area contributed by atoms with Gasteiger partial charge in [0.25, 0.3) is 11.8 Å². The number of nitrogens with one attached hydrogen (secondary N) is 1. The highest BCUT2D eigenvalue weighted by molar-refractivity contribution is 6.09. The van der Waals surface area contributed by atoms with Crippen LogP contribution in [-0.4, -0.2) is 77.3 Å². The molecule has 0 saturated heterocycles. The fraction of sp³-hybridized carbons (Fsp3) is 0.318. The average molecular weight is 441 g/mol. The third-order valence-corrected chi connectivity index (χ3v) is 5.05. The minimum absolute atomic E-state index is 0.00631. The van der Waals surface area contributed by atoms with Gasteiger partial charge >= 0.3 is 0 Å². The van der Waals surface area contributed by atoms with E-state index in [1.165, 1.54) is 22.1 Å². The lowest BCUT2D eigenvalue weighted by Crippen LogP contribution is -2.36. The molecule has 0 radical (unpaired) electrons. The molecule has 1 aliphatic rings. The van der Waals surface area contributed by atoms with Crippen LogP contribution in [0.1, 0.15) is 27.4 Å². The summed E-state index contributed by atoms with van der Waals surface area (Å²) < 4.78 is 13.7. The number of likely N-dealkylation sites (N-methyl/N-ethyl adjacent to an activating group) is 1. The second-order valence-electron chi connectivity index (χ2n) is 7.79. The number of halogens is 1. The number of hydrogen-bond donors (Lipinski definition) is 2. The molecule has 1 unspecified atom stereocenters. The van der Waals surface area contributed by atoms with Crippen molar-refractivity contribution in [2.45, 2.75) is 6.42 Å². The molecule has 0 aromatic carbocycles. The molecular weight excluding hydrogens is 417 g/mol. The Morgan fingerprint density at radius 2 is 1.84 bits per heavy atom. The second-order valence-corrected chi connectivity index (χ2v) is 7.79. The topological polar surface area (TPSA) is 116 Å². The van der Waals surface area contributed by atoms with Gasteiger partial charge in [-0.25, -0.2) is 9.37 Å². The van der Waals surface area contributed by atoms with Crippen LogP contribution in [0.3, 0.4) is 0 Å². The molecule has 2 aromatic rings. The van der Waals surface area contributed by atoms with Gasteiger partial charge in [-0.15, -0.1) is 0 Å². The maximum Gasteiger partial charge on any atom is 0.273 e. The number of fused-ring (bicyclic) bond motifs is 1. The zero-order valence-electron chi connectivity index (χ0n) is 18.2. The van der Waals surface area contributed by atoms with Crippen molar-refractivity contribution >= 4 is 28.6 Å². The van der Waals surface area contributed by atoms with E-state index >= 15 is 0 Å². The summed E-state index contributed by atoms with van der Waals surface area (Å²) in [7, 11) is 6.21. The summed E-state index contributed by atoms with van der Waals surface area (Å²) in [6.07, 6.45) is 4.15. The van der Waals surface area contributed by atoms with E-state index < -0.39 is 29.3 Å². The van der Waals surface area contributed by atoms with Crippen molar-refractivity contribution in [3.8, 4) is 5.75 Å². The van der Waals surface area contributed by atoms with Gasteiger partial charge in [0.2, 0.25) is 5.91 Å². The molecule has 9 nitrogen and oxygen atoms in total. The zero-order valence-corrected chi connectivity index (χ0v) is 18.2.